The van der Waals surface area contributed by atoms with Crippen molar-refractivity contribution in [3.05, 3.63) is 48.0 Å². The number of aryl methyl sites for hydroxylation is 1. The fraction of sp³-hybridized carbons (Fsp3) is 0.417. The summed E-state index contributed by atoms with van der Waals surface area (Å²) < 4.78 is 5.58. The number of aromatic hydroxyl groups is 2. The molecule has 0 aliphatic carbocycles. The average Bonchev–Trinajstić information content (AvgIpc) is 3.26. The summed E-state index contributed by atoms with van der Waals surface area (Å²) in [6, 6.07) is 13.5. The van der Waals surface area contributed by atoms with Crippen molar-refractivity contribution < 1.29 is 14.7 Å². The van der Waals surface area contributed by atoms with Gasteiger partial charge in [-0.25, -0.2) is 0 Å². The summed E-state index contributed by atoms with van der Waals surface area (Å²) in [5, 5.41) is 23.6. The number of benzene rings is 2. The standard InChI is InChI=1S/C24H29N5O3/c1-17-4-3-5-19(12-17)28-8-6-24(7-9-28)16-29(11-10-27(24)2)23-25-22(26-32-23)18-13-20(30)15-21(31)14-18/h3-5,12-15,30-31H,6-11,16H2,1-2H3. The fourth-order valence-electron chi connectivity index (χ4n) is 4.96. The smallest absolute Gasteiger partial charge is 0.324 e. The first-order valence-corrected chi connectivity index (χ1v) is 11.1. The lowest BCUT2D eigenvalue weighted by molar-refractivity contribution is 0.0736. The van der Waals surface area contributed by atoms with Crippen LogP contribution in [-0.4, -0.2) is 70.6 Å². The third kappa shape index (κ3) is 3.86. The minimum Gasteiger partial charge on any atom is -0.508 e. The van der Waals surface area contributed by atoms with Crippen LogP contribution in [0, 0.1) is 6.92 Å². The van der Waals surface area contributed by atoms with Crippen molar-refractivity contribution in [1.29, 1.82) is 0 Å². The van der Waals surface area contributed by atoms with Gasteiger partial charge in [0.2, 0.25) is 5.82 Å². The molecule has 5 rings (SSSR count). The monoisotopic (exact) mass is 435 g/mol. The molecular formula is C24H29N5O3. The number of piperazine rings is 1. The molecule has 32 heavy (non-hydrogen) atoms. The first-order chi connectivity index (χ1) is 15.4. The molecule has 0 amide bonds. The van der Waals surface area contributed by atoms with Crippen molar-refractivity contribution in [2.45, 2.75) is 25.3 Å². The minimum absolute atomic E-state index is 0.0368. The molecule has 0 bridgehead atoms. The van der Waals surface area contributed by atoms with Crippen LogP contribution in [0.5, 0.6) is 11.5 Å². The van der Waals surface area contributed by atoms with Crippen LogP contribution in [0.4, 0.5) is 11.7 Å². The van der Waals surface area contributed by atoms with E-state index in [0.29, 0.717) is 17.4 Å². The van der Waals surface area contributed by atoms with Gasteiger partial charge in [0.15, 0.2) is 0 Å². The predicted molar refractivity (Wildman–Crippen MR) is 123 cm³/mol. The molecule has 0 radical (unpaired) electrons. The molecule has 8 heteroatoms. The minimum atomic E-state index is -0.0368. The average molecular weight is 436 g/mol. The van der Waals surface area contributed by atoms with Gasteiger partial charge < -0.3 is 24.5 Å². The van der Waals surface area contributed by atoms with Crippen molar-refractivity contribution in [2.24, 2.45) is 0 Å². The Kier molecular flexibility index (Phi) is 5.17. The first kappa shape index (κ1) is 20.6. The van der Waals surface area contributed by atoms with E-state index in [-0.39, 0.29) is 17.0 Å². The SMILES string of the molecule is Cc1cccc(N2CCC3(CC2)CN(c2nc(-c4cc(O)cc(O)c4)no2)CCN3C)c1. The number of phenols is 2. The van der Waals surface area contributed by atoms with Gasteiger partial charge in [-0.15, -0.1) is 0 Å². The number of rotatable bonds is 3. The molecule has 8 nitrogen and oxygen atoms in total. The van der Waals surface area contributed by atoms with Crippen LogP contribution in [-0.2, 0) is 0 Å². The third-order valence-electron chi connectivity index (χ3n) is 6.91. The molecule has 0 atom stereocenters. The van der Waals surface area contributed by atoms with Crippen LogP contribution in [0.2, 0.25) is 0 Å². The molecular weight excluding hydrogens is 406 g/mol. The van der Waals surface area contributed by atoms with Crippen molar-refractivity contribution in [3.63, 3.8) is 0 Å². The lowest BCUT2D eigenvalue weighted by Gasteiger charge is -2.53. The zero-order valence-corrected chi connectivity index (χ0v) is 18.5. The van der Waals surface area contributed by atoms with E-state index >= 15 is 0 Å². The molecule has 2 aliphatic heterocycles. The number of likely N-dealkylation sites (N-methyl/N-ethyl adjacent to an activating group) is 1. The maximum atomic E-state index is 9.76. The third-order valence-corrected chi connectivity index (χ3v) is 6.91. The Morgan fingerprint density at radius 1 is 0.938 bits per heavy atom. The Labute approximate surface area is 187 Å². The normalized spacial score (nSPS) is 18.9. The second-order valence-corrected chi connectivity index (χ2v) is 9.03. The van der Waals surface area contributed by atoms with E-state index in [0.717, 1.165) is 45.6 Å². The Morgan fingerprint density at radius 2 is 1.69 bits per heavy atom. The van der Waals surface area contributed by atoms with Gasteiger partial charge in [0.1, 0.15) is 11.5 Å². The fourth-order valence-corrected chi connectivity index (χ4v) is 4.96. The molecule has 2 aliphatic rings. The number of piperidine rings is 1. The predicted octanol–water partition coefficient (Wildman–Crippen LogP) is 3.25. The van der Waals surface area contributed by atoms with Gasteiger partial charge in [0.25, 0.3) is 0 Å². The molecule has 2 aromatic carbocycles. The van der Waals surface area contributed by atoms with E-state index in [1.165, 1.54) is 29.4 Å². The highest BCUT2D eigenvalue weighted by Gasteiger charge is 2.43. The largest absolute Gasteiger partial charge is 0.508 e. The zero-order chi connectivity index (χ0) is 22.3. The number of anilines is 2. The van der Waals surface area contributed by atoms with E-state index in [1.807, 2.05) is 0 Å². The van der Waals surface area contributed by atoms with E-state index in [2.05, 4.69) is 63.1 Å². The topological polar surface area (TPSA) is 89.1 Å². The Morgan fingerprint density at radius 3 is 2.41 bits per heavy atom. The van der Waals surface area contributed by atoms with Crippen LogP contribution >= 0.6 is 0 Å². The molecule has 3 aromatic rings. The summed E-state index contributed by atoms with van der Waals surface area (Å²) in [6.45, 7) is 6.73. The highest BCUT2D eigenvalue weighted by Crippen LogP contribution is 2.35. The highest BCUT2D eigenvalue weighted by molar-refractivity contribution is 5.61. The molecule has 1 aromatic heterocycles. The number of nitrogens with zero attached hydrogens (tertiary/aromatic N) is 5. The molecule has 2 saturated heterocycles. The van der Waals surface area contributed by atoms with Crippen molar-refractivity contribution in [2.75, 3.05) is 49.6 Å². The van der Waals surface area contributed by atoms with Crippen LogP contribution in [0.3, 0.4) is 0 Å². The van der Waals surface area contributed by atoms with Crippen LogP contribution in [0.1, 0.15) is 18.4 Å². The molecule has 3 heterocycles. The van der Waals surface area contributed by atoms with Gasteiger partial charge in [0.05, 0.1) is 0 Å². The van der Waals surface area contributed by atoms with Gasteiger partial charge >= 0.3 is 6.01 Å². The Balaban J connectivity index is 1.31. The van der Waals surface area contributed by atoms with Crippen LogP contribution in [0.15, 0.2) is 47.0 Å². The van der Waals surface area contributed by atoms with E-state index in [4.69, 9.17) is 4.52 Å². The maximum absolute atomic E-state index is 9.76. The molecule has 0 unspecified atom stereocenters. The number of phenolic OH excluding ortho intramolecular Hbond substituents is 2. The lowest BCUT2D eigenvalue weighted by atomic mass is 9.83. The molecule has 0 saturated carbocycles. The Bertz CT molecular complexity index is 1090. The zero-order valence-electron chi connectivity index (χ0n) is 18.5. The second kappa shape index (κ2) is 8.02. The van der Waals surface area contributed by atoms with Crippen molar-refractivity contribution in [1.82, 2.24) is 15.0 Å². The maximum Gasteiger partial charge on any atom is 0.324 e. The summed E-state index contributed by atoms with van der Waals surface area (Å²) in [5.74, 6) is 0.281. The summed E-state index contributed by atoms with van der Waals surface area (Å²) in [4.78, 5) is 11.7. The van der Waals surface area contributed by atoms with E-state index < -0.39 is 0 Å². The van der Waals surface area contributed by atoms with Crippen molar-refractivity contribution >= 4 is 11.7 Å². The summed E-state index contributed by atoms with van der Waals surface area (Å²) in [6.07, 6.45) is 2.13. The number of aromatic nitrogens is 2. The lowest BCUT2D eigenvalue weighted by Crippen LogP contribution is -2.64. The van der Waals surface area contributed by atoms with Gasteiger partial charge in [-0.05, 0) is 56.6 Å². The Hall–Kier alpha value is -3.26. The molecule has 2 fully saturated rings. The van der Waals surface area contributed by atoms with Crippen molar-refractivity contribution in [3.8, 4) is 22.9 Å². The number of hydrogen-bond acceptors (Lipinski definition) is 8. The van der Waals surface area contributed by atoms with Crippen LogP contribution in [0.25, 0.3) is 11.4 Å². The van der Waals surface area contributed by atoms with E-state index in [9.17, 15) is 10.2 Å². The van der Waals surface area contributed by atoms with Crippen LogP contribution < -0.4 is 9.80 Å². The molecule has 1 spiro atoms. The quantitative estimate of drug-likeness (QED) is 0.648. The molecule has 168 valence electrons. The van der Waals surface area contributed by atoms with Gasteiger partial charge in [0, 0.05) is 55.6 Å². The van der Waals surface area contributed by atoms with Gasteiger partial charge in [-0.3, -0.25) is 4.90 Å². The van der Waals surface area contributed by atoms with Gasteiger partial charge in [-0.1, -0.05) is 17.3 Å². The second-order valence-electron chi connectivity index (χ2n) is 9.03. The molecule has 2 N–H and O–H groups in total. The number of hydrogen-bond donors (Lipinski definition) is 2. The van der Waals surface area contributed by atoms with E-state index in [1.54, 1.807) is 0 Å². The first-order valence-electron chi connectivity index (χ1n) is 11.1. The highest BCUT2D eigenvalue weighted by atomic mass is 16.5. The summed E-state index contributed by atoms with van der Waals surface area (Å²) >= 11 is 0. The summed E-state index contributed by atoms with van der Waals surface area (Å²) in [7, 11) is 2.22. The summed E-state index contributed by atoms with van der Waals surface area (Å²) in [5.41, 5.74) is 3.17. The van der Waals surface area contributed by atoms with Gasteiger partial charge in [-0.2, -0.15) is 4.98 Å².